The number of amides is 2. The monoisotopic (exact) mass is 353 g/mol. The molecule has 7 nitrogen and oxygen atoms in total. The summed E-state index contributed by atoms with van der Waals surface area (Å²) >= 11 is 0. The van der Waals surface area contributed by atoms with Crippen LogP contribution >= 0.6 is 0 Å². The molecule has 2 aliphatic rings. The van der Waals surface area contributed by atoms with Crippen molar-refractivity contribution in [3.63, 3.8) is 0 Å². The number of carbonyl (C=O) groups excluding carboxylic acids is 2. The molecule has 0 saturated heterocycles. The van der Waals surface area contributed by atoms with Crippen LogP contribution in [0.25, 0.3) is 0 Å². The first-order chi connectivity index (χ1) is 12.6. The topological polar surface area (TPSA) is 95.8 Å². The lowest BCUT2D eigenvalue weighted by Crippen LogP contribution is -2.35. The van der Waals surface area contributed by atoms with Crippen molar-refractivity contribution in [3.05, 3.63) is 30.1 Å². The van der Waals surface area contributed by atoms with E-state index in [0.717, 1.165) is 19.3 Å². The van der Waals surface area contributed by atoms with Gasteiger partial charge in [0.1, 0.15) is 0 Å². The Balaban J connectivity index is 1.38. The van der Waals surface area contributed by atoms with E-state index in [0.29, 0.717) is 31.4 Å². The van der Waals surface area contributed by atoms with Crippen molar-refractivity contribution < 1.29 is 9.59 Å². The Morgan fingerprint density at radius 3 is 2.69 bits per heavy atom. The number of hydrogen-bond acceptors (Lipinski definition) is 5. The predicted octanol–water partition coefficient (Wildman–Crippen LogP) is 2.06. The first kappa shape index (κ1) is 18.1. The van der Waals surface area contributed by atoms with Crippen LogP contribution in [0.4, 0.5) is 0 Å². The number of carbonyl (C=O) groups is 2. The summed E-state index contributed by atoms with van der Waals surface area (Å²) < 4.78 is 0. The largest absolute Gasteiger partial charge is 0.356 e. The lowest BCUT2D eigenvalue weighted by Gasteiger charge is -2.14. The number of nitrogens with zero attached hydrogens (tertiary/aromatic N) is 3. The van der Waals surface area contributed by atoms with Crippen LogP contribution in [0.5, 0.6) is 0 Å². The second kappa shape index (κ2) is 8.09. The standard InChI is InChI=1S/C19H23N5O2/c1-2-3-8-19(23-24-19)9-12-21-17(25)15-4-5-16(13-15)22-18(26)14-6-10-20-11-7-14/h1,6-7,10-11,15-16H,3-5,8-9,12-13H2,(H,21,25)(H,22,26). The van der Waals surface area contributed by atoms with Gasteiger partial charge in [-0.1, -0.05) is 0 Å². The van der Waals surface area contributed by atoms with Gasteiger partial charge in [-0.05, 0) is 31.4 Å². The van der Waals surface area contributed by atoms with E-state index in [-0.39, 0.29) is 29.4 Å². The molecular formula is C19H23N5O2. The van der Waals surface area contributed by atoms with Crippen molar-refractivity contribution >= 4 is 11.8 Å². The maximum Gasteiger partial charge on any atom is 0.251 e. The van der Waals surface area contributed by atoms with Gasteiger partial charge in [0, 0.05) is 55.7 Å². The first-order valence-corrected chi connectivity index (χ1v) is 8.98. The van der Waals surface area contributed by atoms with Gasteiger partial charge in [-0.2, -0.15) is 10.2 Å². The number of rotatable bonds is 8. The molecule has 2 N–H and O–H groups in total. The van der Waals surface area contributed by atoms with E-state index in [4.69, 9.17) is 6.42 Å². The highest BCUT2D eigenvalue weighted by atomic mass is 16.2. The van der Waals surface area contributed by atoms with Gasteiger partial charge in [0.25, 0.3) is 5.91 Å². The van der Waals surface area contributed by atoms with Crippen LogP contribution < -0.4 is 10.6 Å². The van der Waals surface area contributed by atoms with Crippen molar-refractivity contribution in [2.75, 3.05) is 6.54 Å². The molecule has 1 aromatic rings. The maximum absolute atomic E-state index is 12.3. The Bertz CT molecular complexity index is 719. The highest BCUT2D eigenvalue weighted by Gasteiger charge is 2.39. The van der Waals surface area contributed by atoms with Gasteiger partial charge < -0.3 is 10.6 Å². The fourth-order valence-electron chi connectivity index (χ4n) is 3.32. The third-order valence-electron chi connectivity index (χ3n) is 4.96. The minimum absolute atomic E-state index is 0.0295. The third-order valence-corrected chi connectivity index (χ3v) is 4.96. The fourth-order valence-corrected chi connectivity index (χ4v) is 3.32. The number of terminal acetylenes is 1. The van der Waals surface area contributed by atoms with Crippen molar-refractivity contribution in [2.45, 2.75) is 50.2 Å². The Labute approximate surface area is 153 Å². The average molecular weight is 353 g/mol. The van der Waals surface area contributed by atoms with Crippen molar-refractivity contribution in [3.8, 4) is 12.3 Å². The van der Waals surface area contributed by atoms with E-state index in [1.807, 2.05) is 0 Å². The van der Waals surface area contributed by atoms with E-state index < -0.39 is 0 Å². The highest BCUT2D eigenvalue weighted by molar-refractivity contribution is 5.94. The van der Waals surface area contributed by atoms with Crippen LogP contribution in [0, 0.1) is 18.3 Å². The van der Waals surface area contributed by atoms with E-state index in [1.165, 1.54) is 0 Å². The van der Waals surface area contributed by atoms with Gasteiger partial charge in [0.15, 0.2) is 5.66 Å². The number of nitrogens with one attached hydrogen (secondary N) is 2. The molecular weight excluding hydrogens is 330 g/mol. The van der Waals surface area contributed by atoms with Gasteiger partial charge in [0.2, 0.25) is 5.91 Å². The Hall–Kier alpha value is -2.75. The molecule has 1 fully saturated rings. The van der Waals surface area contributed by atoms with Crippen LogP contribution in [0.2, 0.25) is 0 Å². The molecule has 1 saturated carbocycles. The van der Waals surface area contributed by atoms with Gasteiger partial charge in [-0.25, -0.2) is 0 Å². The molecule has 136 valence electrons. The Morgan fingerprint density at radius 2 is 2.00 bits per heavy atom. The summed E-state index contributed by atoms with van der Waals surface area (Å²) in [6.45, 7) is 0.543. The average Bonchev–Trinajstić information content (AvgIpc) is 3.28. The molecule has 0 bridgehead atoms. The van der Waals surface area contributed by atoms with Crippen molar-refractivity contribution in [1.29, 1.82) is 0 Å². The molecule has 0 spiro atoms. The van der Waals surface area contributed by atoms with Crippen LogP contribution in [0.15, 0.2) is 34.8 Å². The maximum atomic E-state index is 12.3. The zero-order valence-corrected chi connectivity index (χ0v) is 14.6. The second-order valence-electron chi connectivity index (χ2n) is 6.84. The van der Waals surface area contributed by atoms with Gasteiger partial charge in [-0.15, -0.1) is 12.3 Å². The zero-order chi connectivity index (χ0) is 18.4. The minimum Gasteiger partial charge on any atom is -0.356 e. The molecule has 0 radical (unpaired) electrons. The SMILES string of the molecule is C#CCCC1(CCNC(=O)C2CCC(NC(=O)c3ccncc3)C2)N=N1. The number of hydrogen-bond donors (Lipinski definition) is 2. The molecule has 26 heavy (non-hydrogen) atoms. The predicted molar refractivity (Wildman–Crippen MR) is 96.1 cm³/mol. The zero-order valence-electron chi connectivity index (χ0n) is 14.6. The number of aromatic nitrogens is 1. The summed E-state index contributed by atoms with van der Waals surface area (Å²) in [5, 5.41) is 14.1. The van der Waals surface area contributed by atoms with Crippen molar-refractivity contribution in [2.24, 2.45) is 16.1 Å². The molecule has 2 unspecified atom stereocenters. The summed E-state index contributed by atoms with van der Waals surface area (Å²) in [5.74, 6) is 2.45. The summed E-state index contributed by atoms with van der Waals surface area (Å²) in [6, 6.07) is 3.39. The summed E-state index contributed by atoms with van der Waals surface area (Å²) in [4.78, 5) is 28.4. The number of pyridine rings is 1. The normalized spacial score (nSPS) is 22.4. The van der Waals surface area contributed by atoms with Gasteiger partial charge in [-0.3, -0.25) is 14.6 Å². The van der Waals surface area contributed by atoms with Crippen LogP contribution in [0.3, 0.4) is 0 Å². The van der Waals surface area contributed by atoms with E-state index >= 15 is 0 Å². The molecule has 2 amide bonds. The molecule has 2 atom stereocenters. The minimum atomic E-state index is -0.365. The van der Waals surface area contributed by atoms with Crippen LogP contribution in [0.1, 0.15) is 48.9 Å². The Kier molecular flexibility index (Phi) is 5.61. The smallest absolute Gasteiger partial charge is 0.251 e. The molecule has 2 heterocycles. The molecule has 3 rings (SSSR count). The lowest BCUT2D eigenvalue weighted by molar-refractivity contribution is -0.124. The van der Waals surface area contributed by atoms with Crippen LogP contribution in [-0.4, -0.2) is 35.0 Å². The third kappa shape index (κ3) is 4.66. The van der Waals surface area contributed by atoms with E-state index in [1.54, 1.807) is 24.5 Å². The second-order valence-corrected chi connectivity index (χ2v) is 6.84. The first-order valence-electron chi connectivity index (χ1n) is 8.98. The highest BCUT2D eigenvalue weighted by Crippen LogP contribution is 2.36. The summed E-state index contributed by atoms with van der Waals surface area (Å²) in [5.41, 5.74) is 0.221. The van der Waals surface area contributed by atoms with Crippen LogP contribution in [-0.2, 0) is 4.79 Å². The van der Waals surface area contributed by atoms with Gasteiger partial charge >= 0.3 is 0 Å². The molecule has 7 heteroatoms. The van der Waals surface area contributed by atoms with Crippen molar-refractivity contribution in [1.82, 2.24) is 15.6 Å². The molecule has 1 aliphatic carbocycles. The van der Waals surface area contributed by atoms with Gasteiger partial charge in [0.05, 0.1) is 0 Å². The lowest BCUT2D eigenvalue weighted by atomic mass is 10.0. The summed E-state index contributed by atoms with van der Waals surface area (Å²) in [7, 11) is 0. The Morgan fingerprint density at radius 1 is 1.23 bits per heavy atom. The summed E-state index contributed by atoms with van der Waals surface area (Å²) in [6.07, 6.45) is 12.8. The molecule has 1 aliphatic heterocycles. The quantitative estimate of drug-likeness (QED) is 0.700. The molecule has 0 aromatic carbocycles. The fraction of sp³-hybridized carbons (Fsp3) is 0.526. The molecule has 1 aromatic heterocycles. The van der Waals surface area contributed by atoms with E-state index in [9.17, 15) is 9.59 Å². The van der Waals surface area contributed by atoms with E-state index in [2.05, 4.69) is 31.8 Å².